The van der Waals surface area contributed by atoms with Crippen molar-refractivity contribution >= 4 is 65.4 Å². The Labute approximate surface area is 583 Å². The molecular formula is C92H61N9. The third-order valence-corrected chi connectivity index (χ3v) is 19.7. The molecule has 14 aromatic carbocycles. The standard InChI is InChI=1S/C92H61N9/c1-58-32-49-83-78(52-58)79-53-59(2)33-50-84(79)100(83)73-44-38-61(39-45-73)60-34-36-64(37-35-60)89-93-87(62-18-6-3-7-19-62)95-91(97-89)70-24-16-22-66(54-70)67-23-17-25-71(55-67)92-96-88(63-20-8-4-9-21-63)94-90(98-92)65-40-46-74(47-41-65)101-81-30-14-12-28-75(81)77-48-42-69(57-86(77)101)68-43-51-85-80(56-68)76-29-13-15-31-82(76)99(85)72-26-10-5-11-27-72/h3-57H,1-2H3. The Bertz CT molecular complexity index is 6370. The lowest BCUT2D eigenvalue weighted by Gasteiger charge is -2.12. The molecule has 9 nitrogen and oxygen atoms in total. The molecule has 5 aromatic heterocycles. The second-order valence-electron chi connectivity index (χ2n) is 26.1. The van der Waals surface area contributed by atoms with Gasteiger partial charge in [0.15, 0.2) is 34.9 Å². The van der Waals surface area contributed by atoms with E-state index in [1.807, 2.05) is 60.7 Å². The second-order valence-corrected chi connectivity index (χ2v) is 26.1. The van der Waals surface area contributed by atoms with Crippen molar-refractivity contribution < 1.29 is 0 Å². The molecule has 0 saturated heterocycles. The molecule has 0 saturated carbocycles. The van der Waals surface area contributed by atoms with Crippen LogP contribution in [0.2, 0.25) is 0 Å². The highest BCUT2D eigenvalue weighted by Crippen LogP contribution is 2.41. The first-order valence-electron chi connectivity index (χ1n) is 34.1. The highest BCUT2D eigenvalue weighted by molar-refractivity contribution is 6.13. The maximum atomic E-state index is 5.27. The van der Waals surface area contributed by atoms with Crippen molar-refractivity contribution in [1.29, 1.82) is 0 Å². The average molecular weight is 1290 g/mol. The Morgan fingerprint density at radius 3 is 0.950 bits per heavy atom. The van der Waals surface area contributed by atoms with Crippen LogP contribution in [0.25, 0.3) is 184 Å². The minimum atomic E-state index is 0.566. The summed E-state index contributed by atoms with van der Waals surface area (Å²) >= 11 is 0. The highest BCUT2D eigenvalue weighted by Gasteiger charge is 2.21. The number of fused-ring (bicyclic) bond motifs is 9. The van der Waals surface area contributed by atoms with Gasteiger partial charge in [-0.05, 0) is 162 Å². The van der Waals surface area contributed by atoms with Crippen LogP contribution in [0, 0.1) is 13.8 Å². The summed E-state index contributed by atoms with van der Waals surface area (Å²) in [5.74, 6) is 3.48. The quantitative estimate of drug-likeness (QED) is 0.121. The van der Waals surface area contributed by atoms with Crippen molar-refractivity contribution in [3.63, 3.8) is 0 Å². The third-order valence-electron chi connectivity index (χ3n) is 19.7. The second kappa shape index (κ2) is 24.2. The molecule has 474 valence electrons. The summed E-state index contributed by atoms with van der Waals surface area (Å²) in [6.45, 7) is 4.32. The Morgan fingerprint density at radius 2 is 0.455 bits per heavy atom. The molecular weight excluding hydrogens is 1230 g/mol. The van der Waals surface area contributed by atoms with Crippen molar-refractivity contribution in [3.05, 3.63) is 345 Å². The van der Waals surface area contributed by atoms with E-state index in [0.717, 1.165) is 94.9 Å². The summed E-state index contributed by atoms with van der Waals surface area (Å²) in [5.41, 5.74) is 24.6. The molecule has 19 rings (SSSR count). The molecule has 0 bridgehead atoms. The summed E-state index contributed by atoms with van der Waals surface area (Å²) in [6, 6.07) is 118. The number of aromatic nitrogens is 9. The predicted molar refractivity (Wildman–Crippen MR) is 415 cm³/mol. The number of hydrogen-bond acceptors (Lipinski definition) is 6. The van der Waals surface area contributed by atoms with Crippen molar-refractivity contribution in [2.75, 3.05) is 0 Å². The van der Waals surface area contributed by atoms with Gasteiger partial charge in [-0.15, -0.1) is 0 Å². The normalized spacial score (nSPS) is 11.7. The van der Waals surface area contributed by atoms with Gasteiger partial charge in [0.25, 0.3) is 0 Å². The number of nitrogens with zero attached hydrogens (tertiary/aromatic N) is 9. The van der Waals surface area contributed by atoms with Crippen LogP contribution >= 0.6 is 0 Å². The van der Waals surface area contributed by atoms with Crippen LogP contribution in [0.15, 0.2) is 334 Å². The molecule has 0 aliphatic carbocycles. The van der Waals surface area contributed by atoms with Gasteiger partial charge in [0, 0.05) is 82.8 Å². The average Bonchev–Trinajstić information content (AvgIpc) is 1.53. The van der Waals surface area contributed by atoms with Crippen LogP contribution in [0.4, 0.5) is 0 Å². The maximum Gasteiger partial charge on any atom is 0.164 e. The topological polar surface area (TPSA) is 92.1 Å². The van der Waals surface area contributed by atoms with Crippen molar-refractivity contribution in [2.45, 2.75) is 13.8 Å². The summed E-state index contributed by atoms with van der Waals surface area (Å²) in [7, 11) is 0. The third kappa shape index (κ3) is 10.5. The van der Waals surface area contributed by atoms with Crippen LogP contribution in [0.3, 0.4) is 0 Å². The van der Waals surface area contributed by atoms with Crippen molar-refractivity contribution in [3.8, 4) is 119 Å². The van der Waals surface area contributed by atoms with Gasteiger partial charge >= 0.3 is 0 Å². The van der Waals surface area contributed by atoms with E-state index in [-0.39, 0.29) is 0 Å². The molecule has 101 heavy (non-hydrogen) atoms. The fourth-order valence-electron chi connectivity index (χ4n) is 14.7. The largest absolute Gasteiger partial charge is 0.309 e. The Kier molecular flexibility index (Phi) is 14.1. The Morgan fingerprint density at radius 1 is 0.168 bits per heavy atom. The van der Waals surface area contributed by atoms with Gasteiger partial charge in [0.05, 0.1) is 33.1 Å². The molecule has 19 aromatic rings. The van der Waals surface area contributed by atoms with Gasteiger partial charge < -0.3 is 13.7 Å². The summed E-state index contributed by atoms with van der Waals surface area (Å²) in [5, 5.41) is 7.37. The summed E-state index contributed by atoms with van der Waals surface area (Å²) in [6.07, 6.45) is 0. The molecule has 0 aliphatic heterocycles. The van der Waals surface area contributed by atoms with Crippen LogP contribution in [0.5, 0.6) is 0 Å². The molecule has 0 N–H and O–H groups in total. The number of benzene rings is 14. The number of hydrogen-bond donors (Lipinski definition) is 0. The first-order valence-corrected chi connectivity index (χ1v) is 34.1. The molecule has 0 radical (unpaired) electrons. The monoisotopic (exact) mass is 1290 g/mol. The van der Waals surface area contributed by atoms with E-state index in [9.17, 15) is 0 Å². The van der Waals surface area contributed by atoms with Crippen molar-refractivity contribution in [1.82, 2.24) is 43.6 Å². The van der Waals surface area contributed by atoms with E-state index in [1.165, 1.54) is 65.5 Å². The van der Waals surface area contributed by atoms with Crippen LogP contribution in [0.1, 0.15) is 11.1 Å². The first-order chi connectivity index (χ1) is 49.8. The smallest absolute Gasteiger partial charge is 0.164 e. The SMILES string of the molecule is Cc1ccc2c(c1)c1cc(C)ccc1n2-c1ccc(-c2ccc(-c3nc(-c4ccccc4)nc(-c4cccc(-c5cccc(-c6nc(-c7ccccc7)nc(-c7ccc(-n8c9ccccc9c9ccc(-c%10ccc%11c(c%10)c%10ccccc%10n%11-c%10ccccc%10)cc98)cc7)n6)c5)c4)n3)cc2)cc1. The van der Waals surface area contributed by atoms with Gasteiger partial charge in [0.2, 0.25) is 0 Å². The van der Waals surface area contributed by atoms with Gasteiger partial charge in [-0.2, -0.15) is 0 Å². The van der Waals surface area contributed by atoms with Crippen LogP contribution < -0.4 is 0 Å². The van der Waals surface area contributed by atoms with E-state index in [2.05, 4.69) is 301 Å². The van der Waals surface area contributed by atoms with E-state index in [4.69, 9.17) is 29.9 Å². The molecule has 0 aliphatic rings. The zero-order valence-electron chi connectivity index (χ0n) is 55.3. The first kappa shape index (κ1) is 58.8. The molecule has 0 spiro atoms. The van der Waals surface area contributed by atoms with Gasteiger partial charge in [-0.25, -0.2) is 29.9 Å². The van der Waals surface area contributed by atoms with E-state index in [1.54, 1.807) is 0 Å². The lowest BCUT2D eigenvalue weighted by Crippen LogP contribution is -2.01. The van der Waals surface area contributed by atoms with Gasteiger partial charge in [0.1, 0.15) is 0 Å². The lowest BCUT2D eigenvalue weighted by molar-refractivity contribution is 1.07. The van der Waals surface area contributed by atoms with Crippen LogP contribution in [-0.2, 0) is 0 Å². The Balaban J connectivity index is 0.636. The Hall–Kier alpha value is -13.5. The zero-order chi connectivity index (χ0) is 67.1. The molecule has 0 atom stereocenters. The maximum absolute atomic E-state index is 5.27. The van der Waals surface area contributed by atoms with E-state index in [0.29, 0.717) is 34.9 Å². The molecule has 0 unspecified atom stereocenters. The number of aryl methyl sites for hydroxylation is 2. The fraction of sp³-hybridized carbons (Fsp3) is 0.0217. The number of para-hydroxylation sites is 3. The highest BCUT2D eigenvalue weighted by atomic mass is 15.1. The lowest BCUT2D eigenvalue weighted by atomic mass is 10.0. The van der Waals surface area contributed by atoms with E-state index >= 15 is 0 Å². The zero-order valence-corrected chi connectivity index (χ0v) is 55.3. The molecule has 0 fully saturated rings. The minimum absolute atomic E-state index is 0.566. The molecule has 9 heteroatoms. The summed E-state index contributed by atoms with van der Waals surface area (Å²) in [4.78, 5) is 31.1. The van der Waals surface area contributed by atoms with Gasteiger partial charge in [-0.3, -0.25) is 0 Å². The predicted octanol–water partition coefficient (Wildman–Crippen LogP) is 23.0. The van der Waals surface area contributed by atoms with Crippen LogP contribution in [-0.4, -0.2) is 43.6 Å². The summed E-state index contributed by atoms with van der Waals surface area (Å²) < 4.78 is 7.11. The fourth-order valence-corrected chi connectivity index (χ4v) is 14.7. The minimum Gasteiger partial charge on any atom is -0.309 e. The van der Waals surface area contributed by atoms with Crippen molar-refractivity contribution in [2.24, 2.45) is 0 Å². The number of rotatable bonds is 12. The van der Waals surface area contributed by atoms with Gasteiger partial charge in [-0.1, -0.05) is 230 Å². The van der Waals surface area contributed by atoms with E-state index < -0.39 is 0 Å². The molecule has 5 heterocycles. The molecule has 0 amide bonds.